The van der Waals surface area contributed by atoms with E-state index in [1.165, 1.54) is 22.9 Å². The minimum atomic E-state index is -0.995. The summed E-state index contributed by atoms with van der Waals surface area (Å²) in [7, 11) is 0. The zero-order chi connectivity index (χ0) is 23.9. The van der Waals surface area contributed by atoms with E-state index in [-0.39, 0.29) is 36.6 Å². The maximum atomic E-state index is 12.2. The number of rotatable bonds is 10. The van der Waals surface area contributed by atoms with Crippen molar-refractivity contribution >= 4 is 29.7 Å². The van der Waals surface area contributed by atoms with E-state index in [1.54, 1.807) is 0 Å². The lowest BCUT2D eigenvalue weighted by molar-refractivity contribution is -0.149. The highest BCUT2D eigenvalue weighted by Gasteiger charge is 2.34. The number of carbonyl (C=O) groups excluding carboxylic acids is 2. The van der Waals surface area contributed by atoms with Gasteiger partial charge in [-0.05, 0) is 28.7 Å². The lowest BCUT2D eigenvalue weighted by Crippen LogP contribution is -2.37. The summed E-state index contributed by atoms with van der Waals surface area (Å²) in [4.78, 5) is 35.3. The Bertz CT molecular complexity index is 1000. The van der Waals surface area contributed by atoms with Gasteiger partial charge in [-0.25, -0.2) is 9.59 Å². The van der Waals surface area contributed by atoms with Crippen LogP contribution in [0.3, 0.4) is 0 Å². The molecule has 0 bridgehead atoms. The average molecular weight is 485 g/mol. The molecule has 2 aromatic rings. The van der Waals surface area contributed by atoms with E-state index in [0.29, 0.717) is 25.3 Å². The van der Waals surface area contributed by atoms with Gasteiger partial charge in [-0.3, -0.25) is 4.79 Å². The maximum absolute atomic E-state index is 12.2. The van der Waals surface area contributed by atoms with Crippen LogP contribution in [0.4, 0.5) is 4.79 Å². The Kier molecular flexibility index (Phi) is 8.08. The minimum Gasteiger partial charge on any atom is -0.479 e. The van der Waals surface area contributed by atoms with Gasteiger partial charge in [0.25, 0.3) is 0 Å². The predicted octanol–water partition coefficient (Wildman–Crippen LogP) is 2.86. The predicted molar refractivity (Wildman–Crippen MR) is 129 cm³/mol. The Morgan fingerprint density at radius 2 is 1.71 bits per heavy atom. The summed E-state index contributed by atoms with van der Waals surface area (Å²) in [5.41, 5.74) is 4.69. The zero-order valence-corrected chi connectivity index (χ0v) is 19.5. The molecule has 0 saturated carbocycles. The molecule has 8 nitrogen and oxygen atoms in total. The van der Waals surface area contributed by atoms with Gasteiger partial charge in [0, 0.05) is 37.3 Å². The molecule has 2 atom stereocenters. The van der Waals surface area contributed by atoms with Crippen LogP contribution < -0.4 is 10.6 Å². The molecule has 1 saturated heterocycles. The first-order chi connectivity index (χ1) is 16.5. The molecule has 2 aliphatic rings. The number of amides is 2. The molecule has 9 heteroatoms. The summed E-state index contributed by atoms with van der Waals surface area (Å²) in [6.07, 6.45) is -0.712. The molecule has 180 valence electrons. The second-order valence-electron chi connectivity index (χ2n) is 8.29. The third-order valence-electron chi connectivity index (χ3n) is 6.11. The molecule has 0 aromatic heterocycles. The number of carboxylic acids is 1. The molecule has 4 rings (SSSR count). The van der Waals surface area contributed by atoms with Gasteiger partial charge >= 0.3 is 12.1 Å². The summed E-state index contributed by atoms with van der Waals surface area (Å²) in [6, 6.07) is 16.4. The van der Waals surface area contributed by atoms with Crippen LogP contribution in [0, 0.1) is 5.92 Å². The van der Waals surface area contributed by atoms with E-state index in [0.717, 1.165) is 11.1 Å². The molecule has 2 aromatic carbocycles. The van der Waals surface area contributed by atoms with Gasteiger partial charge in [0.1, 0.15) is 6.61 Å². The van der Waals surface area contributed by atoms with Crippen LogP contribution in [0.15, 0.2) is 48.5 Å². The van der Waals surface area contributed by atoms with E-state index in [2.05, 4.69) is 34.9 Å². The van der Waals surface area contributed by atoms with Crippen molar-refractivity contribution in [2.24, 2.45) is 5.92 Å². The van der Waals surface area contributed by atoms with Gasteiger partial charge in [0.05, 0.1) is 5.75 Å². The maximum Gasteiger partial charge on any atom is 0.407 e. The number of alkyl carbamates (subject to hydrolysis) is 1. The van der Waals surface area contributed by atoms with Crippen LogP contribution in [0.25, 0.3) is 11.1 Å². The number of benzene rings is 2. The molecular weight excluding hydrogens is 456 g/mol. The number of ether oxygens (including phenoxy) is 2. The van der Waals surface area contributed by atoms with Crippen molar-refractivity contribution in [1.82, 2.24) is 10.6 Å². The van der Waals surface area contributed by atoms with Gasteiger partial charge in [0.15, 0.2) is 6.10 Å². The number of aliphatic carboxylic acids is 1. The Hall–Kier alpha value is -3.04. The van der Waals surface area contributed by atoms with Crippen molar-refractivity contribution in [1.29, 1.82) is 0 Å². The highest BCUT2D eigenvalue weighted by Crippen LogP contribution is 2.44. The van der Waals surface area contributed by atoms with Crippen molar-refractivity contribution in [2.75, 3.05) is 37.8 Å². The number of carbonyl (C=O) groups is 3. The Morgan fingerprint density at radius 3 is 2.38 bits per heavy atom. The van der Waals surface area contributed by atoms with Gasteiger partial charge in [-0.15, -0.1) is 0 Å². The van der Waals surface area contributed by atoms with E-state index in [4.69, 9.17) is 14.6 Å². The molecule has 1 fully saturated rings. The lowest BCUT2D eigenvalue weighted by Gasteiger charge is -2.15. The lowest BCUT2D eigenvalue weighted by atomic mass is 9.98. The fourth-order valence-electron chi connectivity index (χ4n) is 4.45. The molecular formula is C25H28N2O6S. The molecule has 3 N–H and O–H groups in total. The van der Waals surface area contributed by atoms with Crippen molar-refractivity contribution in [3.05, 3.63) is 59.7 Å². The second kappa shape index (κ2) is 11.4. The molecule has 1 aliphatic heterocycles. The smallest absolute Gasteiger partial charge is 0.407 e. The first-order valence-electron chi connectivity index (χ1n) is 11.3. The van der Waals surface area contributed by atoms with E-state index >= 15 is 0 Å². The fraction of sp³-hybridized carbons (Fsp3) is 0.400. The molecule has 0 radical (unpaired) electrons. The number of thioether (sulfide) groups is 1. The number of nitrogens with one attached hydrogen (secondary N) is 2. The summed E-state index contributed by atoms with van der Waals surface area (Å²) >= 11 is 1.39. The quantitative estimate of drug-likeness (QED) is 0.444. The van der Waals surface area contributed by atoms with Gasteiger partial charge < -0.3 is 25.2 Å². The summed E-state index contributed by atoms with van der Waals surface area (Å²) in [6.45, 7) is 1.33. The standard InChI is InChI=1S/C25H28N2O6S/c28-22(27-13-16-9-11-32-23(16)24(29)30)15-34-12-10-26-25(31)33-14-21-19-7-3-1-5-17(19)18-6-2-4-8-20(18)21/h1-8,16,21,23H,9-15H2,(H,26,31)(H,27,28)(H,29,30)/t16-,23-/m1/s1. The summed E-state index contributed by atoms with van der Waals surface area (Å²) in [5, 5.41) is 14.6. The highest BCUT2D eigenvalue weighted by molar-refractivity contribution is 7.99. The molecule has 0 spiro atoms. The van der Waals surface area contributed by atoms with Gasteiger partial charge in [-0.2, -0.15) is 11.8 Å². The Balaban J connectivity index is 1.12. The van der Waals surface area contributed by atoms with Crippen molar-refractivity contribution in [3.8, 4) is 11.1 Å². The van der Waals surface area contributed by atoms with E-state index in [1.807, 2.05) is 24.3 Å². The zero-order valence-electron chi connectivity index (χ0n) is 18.7. The van der Waals surface area contributed by atoms with Crippen LogP contribution in [0.5, 0.6) is 0 Å². The van der Waals surface area contributed by atoms with Crippen LogP contribution >= 0.6 is 11.8 Å². The number of carboxylic acid groups (broad SMARTS) is 1. The number of hydrogen-bond acceptors (Lipinski definition) is 6. The number of fused-ring (bicyclic) bond motifs is 3. The normalized spacial score (nSPS) is 18.7. The van der Waals surface area contributed by atoms with Crippen LogP contribution in [0.2, 0.25) is 0 Å². The molecule has 1 aliphatic carbocycles. The first-order valence-corrected chi connectivity index (χ1v) is 12.5. The average Bonchev–Trinajstić information content (AvgIpc) is 3.44. The minimum absolute atomic E-state index is 0.0159. The third-order valence-corrected chi connectivity index (χ3v) is 7.07. The molecule has 1 heterocycles. The molecule has 2 amide bonds. The van der Waals surface area contributed by atoms with E-state index in [9.17, 15) is 14.4 Å². The molecule has 0 unspecified atom stereocenters. The summed E-state index contributed by atoms with van der Waals surface area (Å²) < 4.78 is 10.7. The highest BCUT2D eigenvalue weighted by atomic mass is 32.2. The van der Waals surface area contributed by atoms with E-state index < -0.39 is 18.2 Å². The topological polar surface area (TPSA) is 114 Å². The largest absolute Gasteiger partial charge is 0.479 e. The summed E-state index contributed by atoms with van der Waals surface area (Å²) in [5.74, 6) is -0.559. The van der Waals surface area contributed by atoms with Crippen molar-refractivity contribution in [3.63, 3.8) is 0 Å². The second-order valence-corrected chi connectivity index (χ2v) is 9.39. The van der Waals surface area contributed by atoms with Crippen LogP contribution in [-0.2, 0) is 19.1 Å². The monoisotopic (exact) mass is 484 g/mol. The van der Waals surface area contributed by atoms with Crippen molar-refractivity contribution < 1.29 is 29.0 Å². The fourth-order valence-corrected chi connectivity index (χ4v) is 5.13. The van der Waals surface area contributed by atoms with Gasteiger partial charge in [0.2, 0.25) is 5.91 Å². The Labute approximate surface area is 202 Å². The van der Waals surface area contributed by atoms with Gasteiger partial charge in [-0.1, -0.05) is 48.5 Å². The number of hydrogen-bond donors (Lipinski definition) is 3. The van der Waals surface area contributed by atoms with Crippen LogP contribution in [0.1, 0.15) is 23.5 Å². The van der Waals surface area contributed by atoms with Crippen molar-refractivity contribution in [2.45, 2.75) is 18.4 Å². The van der Waals surface area contributed by atoms with Crippen LogP contribution in [-0.4, -0.2) is 67.0 Å². The molecule has 34 heavy (non-hydrogen) atoms. The first kappa shape index (κ1) is 24.1. The SMILES string of the molecule is O=C(CSCCNC(=O)OCC1c2ccccc2-c2ccccc21)NC[C@H]1CCO[C@H]1C(=O)O. The third kappa shape index (κ3) is 5.71. The Morgan fingerprint density at radius 1 is 1.03 bits per heavy atom.